The van der Waals surface area contributed by atoms with Gasteiger partial charge in [-0.1, -0.05) is 18.2 Å². The van der Waals surface area contributed by atoms with Gasteiger partial charge in [0.05, 0.1) is 20.1 Å². The van der Waals surface area contributed by atoms with Crippen molar-refractivity contribution in [2.45, 2.75) is 6.42 Å². The van der Waals surface area contributed by atoms with E-state index in [0.29, 0.717) is 17.0 Å². The van der Waals surface area contributed by atoms with Gasteiger partial charge in [0.2, 0.25) is 11.8 Å². The largest absolute Gasteiger partial charge is 0.497 e. The molecule has 0 aliphatic heterocycles. The molecule has 0 aliphatic carbocycles. The Morgan fingerprint density at radius 3 is 2.61 bits per heavy atom. The Morgan fingerprint density at radius 1 is 1.09 bits per heavy atom. The monoisotopic (exact) mass is 316 g/mol. The number of hydrogen-bond donors (Lipinski definition) is 2. The third-order valence-corrected chi connectivity index (χ3v) is 3.05. The van der Waals surface area contributed by atoms with E-state index in [1.165, 1.54) is 25.3 Å². The fraction of sp³-hybridized carbons (Fsp3) is 0.176. The molecule has 23 heavy (non-hydrogen) atoms. The van der Waals surface area contributed by atoms with Gasteiger partial charge in [0.15, 0.2) is 0 Å². The number of ether oxygens (including phenoxy) is 1. The Hall–Kier alpha value is -2.89. The Kier molecular flexibility index (Phi) is 5.68. The second kappa shape index (κ2) is 7.93. The molecule has 2 N–H and O–H groups in total. The second-order valence-electron chi connectivity index (χ2n) is 4.86. The number of carbonyl (C=O) groups excluding carboxylic acids is 2. The summed E-state index contributed by atoms with van der Waals surface area (Å²) in [5.41, 5.74) is 1.13. The van der Waals surface area contributed by atoms with Gasteiger partial charge < -0.3 is 15.4 Å². The molecule has 6 heteroatoms. The average Bonchev–Trinajstić information content (AvgIpc) is 2.53. The van der Waals surface area contributed by atoms with Gasteiger partial charge in [-0.3, -0.25) is 9.59 Å². The van der Waals surface area contributed by atoms with Crippen LogP contribution in [0.15, 0.2) is 48.5 Å². The van der Waals surface area contributed by atoms with Crippen LogP contribution in [-0.2, 0) is 16.0 Å². The van der Waals surface area contributed by atoms with Crippen molar-refractivity contribution in [2.75, 3.05) is 19.0 Å². The van der Waals surface area contributed by atoms with Crippen LogP contribution in [0.3, 0.4) is 0 Å². The molecule has 120 valence electrons. The molecule has 0 aliphatic rings. The van der Waals surface area contributed by atoms with Crippen LogP contribution < -0.4 is 15.4 Å². The minimum atomic E-state index is -0.397. The molecular formula is C17H17FN2O3. The van der Waals surface area contributed by atoms with Crippen molar-refractivity contribution in [3.05, 3.63) is 59.9 Å². The van der Waals surface area contributed by atoms with Crippen LogP contribution in [0.1, 0.15) is 5.56 Å². The van der Waals surface area contributed by atoms with Crippen molar-refractivity contribution in [2.24, 2.45) is 0 Å². The summed E-state index contributed by atoms with van der Waals surface area (Å²) < 4.78 is 18.1. The Labute approximate surface area is 133 Å². The van der Waals surface area contributed by atoms with E-state index in [1.54, 1.807) is 30.3 Å². The molecule has 0 aromatic heterocycles. The minimum Gasteiger partial charge on any atom is -0.497 e. The Morgan fingerprint density at radius 2 is 1.87 bits per heavy atom. The predicted octanol–water partition coefficient (Wildman–Crippen LogP) is 2.13. The Bertz CT molecular complexity index is 704. The van der Waals surface area contributed by atoms with Gasteiger partial charge in [0.1, 0.15) is 11.6 Å². The van der Waals surface area contributed by atoms with Gasteiger partial charge in [0, 0.05) is 11.8 Å². The lowest BCUT2D eigenvalue weighted by Gasteiger charge is -2.08. The molecule has 0 bridgehead atoms. The topological polar surface area (TPSA) is 67.4 Å². The summed E-state index contributed by atoms with van der Waals surface area (Å²) in [6, 6.07) is 12.7. The lowest BCUT2D eigenvalue weighted by Crippen LogP contribution is -2.33. The third-order valence-electron chi connectivity index (χ3n) is 3.05. The summed E-state index contributed by atoms with van der Waals surface area (Å²) in [5.74, 6) is -0.480. The van der Waals surface area contributed by atoms with Crippen LogP contribution >= 0.6 is 0 Å². The van der Waals surface area contributed by atoms with Gasteiger partial charge in [-0.05, 0) is 29.8 Å². The number of carbonyl (C=O) groups is 2. The van der Waals surface area contributed by atoms with E-state index in [1.807, 2.05) is 0 Å². The van der Waals surface area contributed by atoms with E-state index >= 15 is 0 Å². The summed E-state index contributed by atoms with van der Waals surface area (Å²) in [5, 5.41) is 5.15. The summed E-state index contributed by atoms with van der Waals surface area (Å²) in [7, 11) is 1.54. The van der Waals surface area contributed by atoms with E-state index in [-0.39, 0.29) is 24.8 Å². The molecule has 0 heterocycles. The first kappa shape index (κ1) is 16.5. The van der Waals surface area contributed by atoms with Crippen molar-refractivity contribution in [3.8, 4) is 5.75 Å². The minimum absolute atomic E-state index is 0.0181. The third kappa shape index (κ3) is 5.43. The van der Waals surface area contributed by atoms with E-state index in [0.717, 1.165) is 0 Å². The molecule has 0 fully saturated rings. The molecule has 0 atom stereocenters. The number of halogens is 1. The van der Waals surface area contributed by atoms with Crippen LogP contribution in [-0.4, -0.2) is 25.5 Å². The number of hydrogen-bond acceptors (Lipinski definition) is 3. The number of nitrogens with one attached hydrogen (secondary N) is 2. The Balaban J connectivity index is 1.80. The molecule has 2 aromatic carbocycles. The van der Waals surface area contributed by atoms with E-state index < -0.39 is 5.82 Å². The molecule has 2 amide bonds. The molecule has 0 saturated carbocycles. The van der Waals surface area contributed by atoms with Gasteiger partial charge >= 0.3 is 0 Å². The fourth-order valence-corrected chi connectivity index (χ4v) is 1.98. The molecule has 2 rings (SSSR count). The predicted molar refractivity (Wildman–Crippen MR) is 84.7 cm³/mol. The van der Waals surface area contributed by atoms with Crippen molar-refractivity contribution >= 4 is 17.5 Å². The molecule has 0 unspecified atom stereocenters. The number of amides is 2. The van der Waals surface area contributed by atoms with Crippen LogP contribution in [0.2, 0.25) is 0 Å². The van der Waals surface area contributed by atoms with Gasteiger partial charge in [0.25, 0.3) is 0 Å². The summed E-state index contributed by atoms with van der Waals surface area (Å²) >= 11 is 0. The first-order chi connectivity index (χ1) is 11.1. The van der Waals surface area contributed by atoms with E-state index in [2.05, 4.69) is 10.6 Å². The SMILES string of the molecule is COc1cccc(NC(=O)CNC(=O)Cc2cccc(F)c2)c1. The van der Waals surface area contributed by atoms with Gasteiger partial charge in [-0.2, -0.15) is 0 Å². The van der Waals surface area contributed by atoms with Crippen molar-refractivity contribution in [1.29, 1.82) is 0 Å². The molecular weight excluding hydrogens is 299 g/mol. The highest BCUT2D eigenvalue weighted by Crippen LogP contribution is 2.16. The lowest BCUT2D eigenvalue weighted by atomic mass is 10.1. The number of benzene rings is 2. The van der Waals surface area contributed by atoms with Crippen LogP contribution in [0.5, 0.6) is 5.75 Å². The zero-order valence-corrected chi connectivity index (χ0v) is 12.6. The summed E-state index contributed by atoms with van der Waals surface area (Å²) in [6.07, 6.45) is 0.0181. The first-order valence-electron chi connectivity index (χ1n) is 7.02. The van der Waals surface area contributed by atoms with Gasteiger partial charge in [-0.25, -0.2) is 4.39 Å². The molecule has 2 aromatic rings. The molecule has 0 spiro atoms. The summed E-state index contributed by atoms with van der Waals surface area (Å²) in [4.78, 5) is 23.5. The van der Waals surface area contributed by atoms with Crippen molar-refractivity contribution in [1.82, 2.24) is 5.32 Å². The van der Waals surface area contributed by atoms with Gasteiger partial charge in [-0.15, -0.1) is 0 Å². The summed E-state index contributed by atoms with van der Waals surface area (Å²) in [6.45, 7) is -0.161. The van der Waals surface area contributed by atoms with Crippen LogP contribution in [0.25, 0.3) is 0 Å². The number of methoxy groups -OCH3 is 1. The standard InChI is InChI=1S/C17H17FN2O3/c1-23-15-7-3-6-14(10-15)20-17(22)11-19-16(21)9-12-4-2-5-13(18)8-12/h2-8,10H,9,11H2,1H3,(H,19,21)(H,20,22). The molecule has 0 saturated heterocycles. The highest BCUT2D eigenvalue weighted by atomic mass is 19.1. The lowest BCUT2D eigenvalue weighted by molar-refractivity contribution is -0.123. The highest BCUT2D eigenvalue weighted by molar-refractivity contribution is 5.94. The smallest absolute Gasteiger partial charge is 0.243 e. The van der Waals surface area contributed by atoms with Crippen LogP contribution in [0, 0.1) is 5.82 Å². The molecule has 5 nitrogen and oxygen atoms in total. The highest BCUT2D eigenvalue weighted by Gasteiger charge is 2.08. The van der Waals surface area contributed by atoms with E-state index in [9.17, 15) is 14.0 Å². The van der Waals surface area contributed by atoms with Crippen molar-refractivity contribution in [3.63, 3.8) is 0 Å². The maximum absolute atomic E-state index is 13.0. The zero-order chi connectivity index (χ0) is 16.7. The average molecular weight is 316 g/mol. The normalized spacial score (nSPS) is 10.0. The fourth-order valence-electron chi connectivity index (χ4n) is 1.98. The van der Waals surface area contributed by atoms with E-state index in [4.69, 9.17) is 4.74 Å². The quantitative estimate of drug-likeness (QED) is 0.858. The maximum atomic E-state index is 13.0. The van der Waals surface area contributed by atoms with Crippen LogP contribution in [0.4, 0.5) is 10.1 Å². The second-order valence-corrected chi connectivity index (χ2v) is 4.86. The maximum Gasteiger partial charge on any atom is 0.243 e. The molecule has 0 radical (unpaired) electrons. The number of anilines is 1. The number of rotatable bonds is 6. The zero-order valence-electron chi connectivity index (χ0n) is 12.6. The first-order valence-corrected chi connectivity index (χ1v) is 7.02. The van der Waals surface area contributed by atoms with Crippen molar-refractivity contribution < 1.29 is 18.7 Å².